The summed E-state index contributed by atoms with van der Waals surface area (Å²) in [6.45, 7) is 6.90. The Bertz CT molecular complexity index is 1740. The van der Waals surface area contributed by atoms with E-state index in [1.807, 2.05) is 60.1 Å². The molecule has 0 spiro atoms. The summed E-state index contributed by atoms with van der Waals surface area (Å²) in [6.07, 6.45) is 1.75. The second kappa shape index (κ2) is 11.2. The molecule has 39 heavy (non-hydrogen) atoms. The van der Waals surface area contributed by atoms with Gasteiger partial charge in [0.15, 0.2) is 0 Å². The number of thiophene rings is 1. The summed E-state index contributed by atoms with van der Waals surface area (Å²) in [7, 11) is 3.48. The van der Waals surface area contributed by atoms with Gasteiger partial charge in [-0.2, -0.15) is 0 Å². The summed E-state index contributed by atoms with van der Waals surface area (Å²) in [5, 5.41) is 6.97. The molecule has 3 N–H and O–H groups in total. The number of rotatable bonds is 7. The molecule has 0 aliphatic carbocycles. The van der Waals surface area contributed by atoms with Crippen LogP contribution in [0.3, 0.4) is 0 Å². The number of nitrogens with one attached hydrogen (secondary N) is 1. The number of amides is 1. The molecule has 0 fully saturated rings. The number of fused-ring (bicyclic) bond motifs is 2. The molecule has 0 saturated heterocycles. The van der Waals surface area contributed by atoms with Crippen molar-refractivity contribution in [2.24, 2.45) is 7.05 Å². The van der Waals surface area contributed by atoms with Crippen LogP contribution in [0.2, 0.25) is 0 Å². The molecule has 5 rings (SSSR count). The fourth-order valence-corrected chi connectivity index (χ4v) is 5.77. The number of aromatic nitrogens is 2. The summed E-state index contributed by atoms with van der Waals surface area (Å²) in [5.74, 6) is 7.37. The van der Waals surface area contributed by atoms with Crippen molar-refractivity contribution in [3.05, 3.63) is 71.4 Å². The van der Waals surface area contributed by atoms with Crippen LogP contribution >= 0.6 is 11.3 Å². The zero-order valence-corrected chi connectivity index (χ0v) is 23.4. The normalized spacial score (nSPS) is 11.1. The van der Waals surface area contributed by atoms with Crippen LogP contribution in [0.5, 0.6) is 5.75 Å². The van der Waals surface area contributed by atoms with Crippen molar-refractivity contribution in [1.82, 2.24) is 14.5 Å². The van der Waals surface area contributed by atoms with Crippen LogP contribution < -0.4 is 15.8 Å². The van der Waals surface area contributed by atoms with Gasteiger partial charge in [0.2, 0.25) is 0 Å². The zero-order chi connectivity index (χ0) is 27.5. The molecule has 2 aromatic carbocycles. The summed E-state index contributed by atoms with van der Waals surface area (Å²) >= 11 is 1.60. The van der Waals surface area contributed by atoms with Crippen LogP contribution in [-0.4, -0.2) is 47.1 Å². The Morgan fingerprint density at radius 2 is 1.97 bits per heavy atom. The first-order valence-electron chi connectivity index (χ1n) is 12.9. The largest absolute Gasteiger partial charge is 0.495 e. The molecule has 0 radical (unpaired) electrons. The number of para-hydroxylation sites is 1. The minimum absolute atomic E-state index is 0.206. The van der Waals surface area contributed by atoms with Crippen LogP contribution in [0.1, 0.15) is 29.9 Å². The lowest BCUT2D eigenvalue weighted by Crippen LogP contribution is -2.22. The third-order valence-corrected chi connectivity index (χ3v) is 8.00. The highest BCUT2D eigenvalue weighted by Gasteiger charge is 2.18. The van der Waals surface area contributed by atoms with Crippen molar-refractivity contribution >= 4 is 49.7 Å². The smallest absolute Gasteiger partial charge is 0.272 e. The maximum atomic E-state index is 13.2. The molecule has 0 aliphatic heterocycles. The molecule has 5 aromatic rings. The van der Waals surface area contributed by atoms with Crippen LogP contribution in [0.15, 0.2) is 60.1 Å². The molecule has 7 nitrogen and oxygen atoms in total. The van der Waals surface area contributed by atoms with Gasteiger partial charge in [-0.05, 0) is 48.3 Å². The maximum absolute atomic E-state index is 13.2. The molecule has 0 unspecified atom stereocenters. The fraction of sp³-hybridized carbons (Fsp3) is 0.226. The second-order valence-electron chi connectivity index (χ2n) is 9.19. The van der Waals surface area contributed by atoms with Gasteiger partial charge in [0.1, 0.15) is 17.3 Å². The predicted octanol–water partition coefficient (Wildman–Crippen LogP) is 5.99. The van der Waals surface area contributed by atoms with E-state index in [4.69, 9.17) is 10.5 Å². The van der Waals surface area contributed by atoms with Crippen LogP contribution in [-0.2, 0) is 7.05 Å². The third kappa shape index (κ3) is 5.07. The summed E-state index contributed by atoms with van der Waals surface area (Å²) in [5.41, 5.74) is 11.3. The third-order valence-electron chi connectivity index (χ3n) is 6.99. The number of nitrogens with zero attached hydrogens (tertiary/aromatic N) is 3. The van der Waals surface area contributed by atoms with Gasteiger partial charge in [0.25, 0.3) is 5.91 Å². The SMILES string of the molecule is CCN(CC)CC#Cc1cnc(N)c2c(-c3ccc(NC(=O)c4cc5ccccc5n4C)c(OC)c3)csc12. The molecular weight excluding hydrogens is 506 g/mol. The van der Waals surface area contributed by atoms with Crippen molar-refractivity contribution in [3.8, 4) is 28.7 Å². The molecule has 0 aliphatic rings. The molecule has 3 aromatic heterocycles. The van der Waals surface area contributed by atoms with Crippen molar-refractivity contribution in [2.45, 2.75) is 13.8 Å². The zero-order valence-electron chi connectivity index (χ0n) is 22.5. The Kier molecular flexibility index (Phi) is 7.55. The average Bonchev–Trinajstić information content (AvgIpc) is 3.55. The topological polar surface area (TPSA) is 85.4 Å². The fourth-order valence-electron chi connectivity index (χ4n) is 4.72. The number of benzene rings is 2. The van der Waals surface area contributed by atoms with E-state index in [0.717, 1.165) is 50.8 Å². The molecule has 0 atom stereocenters. The first-order valence-corrected chi connectivity index (χ1v) is 13.7. The predicted molar refractivity (Wildman–Crippen MR) is 162 cm³/mol. The van der Waals surface area contributed by atoms with Crippen LogP contribution in [0, 0.1) is 11.8 Å². The molecular formula is C31H31N5O2S. The lowest BCUT2D eigenvalue weighted by Gasteiger charge is -2.13. The Labute approximate surface area is 232 Å². The number of ether oxygens (including phenoxy) is 1. The van der Waals surface area contributed by atoms with E-state index in [1.165, 1.54) is 0 Å². The first kappa shape index (κ1) is 26.3. The Balaban J connectivity index is 1.46. The Hall–Kier alpha value is -4.32. The number of aryl methyl sites for hydroxylation is 1. The molecule has 1 amide bonds. The van der Waals surface area contributed by atoms with Gasteiger partial charge in [0, 0.05) is 35.1 Å². The van der Waals surface area contributed by atoms with Crippen molar-refractivity contribution in [3.63, 3.8) is 0 Å². The monoisotopic (exact) mass is 537 g/mol. The van der Waals surface area contributed by atoms with Gasteiger partial charge < -0.3 is 20.4 Å². The molecule has 3 heterocycles. The number of anilines is 2. The minimum atomic E-state index is -0.206. The highest BCUT2D eigenvalue weighted by atomic mass is 32.1. The Morgan fingerprint density at radius 1 is 1.18 bits per heavy atom. The van der Waals surface area contributed by atoms with E-state index in [9.17, 15) is 4.79 Å². The van der Waals surface area contributed by atoms with E-state index >= 15 is 0 Å². The van der Waals surface area contributed by atoms with E-state index in [1.54, 1.807) is 24.6 Å². The summed E-state index contributed by atoms with van der Waals surface area (Å²) in [4.78, 5) is 19.9. The minimum Gasteiger partial charge on any atom is -0.495 e. The quantitative estimate of drug-likeness (QED) is 0.249. The molecule has 0 bridgehead atoms. The molecule has 0 saturated carbocycles. The van der Waals surface area contributed by atoms with Crippen molar-refractivity contribution in [2.75, 3.05) is 37.8 Å². The highest BCUT2D eigenvalue weighted by Crippen LogP contribution is 2.40. The van der Waals surface area contributed by atoms with E-state index < -0.39 is 0 Å². The summed E-state index contributed by atoms with van der Waals surface area (Å²) in [6, 6.07) is 15.5. The maximum Gasteiger partial charge on any atom is 0.272 e. The van der Waals surface area contributed by atoms with Gasteiger partial charge in [-0.1, -0.05) is 50.0 Å². The number of hydrogen-bond acceptors (Lipinski definition) is 6. The lowest BCUT2D eigenvalue weighted by molar-refractivity contribution is 0.101. The lowest BCUT2D eigenvalue weighted by atomic mass is 10.0. The molecule has 8 heteroatoms. The van der Waals surface area contributed by atoms with Crippen LogP contribution in [0.25, 0.3) is 32.1 Å². The van der Waals surface area contributed by atoms with Crippen LogP contribution in [0.4, 0.5) is 11.5 Å². The number of carbonyl (C=O) groups is 1. The number of pyridine rings is 1. The van der Waals surface area contributed by atoms with Gasteiger partial charge in [-0.15, -0.1) is 11.3 Å². The van der Waals surface area contributed by atoms with Crippen molar-refractivity contribution < 1.29 is 9.53 Å². The Morgan fingerprint density at radius 3 is 2.72 bits per heavy atom. The van der Waals surface area contributed by atoms with Gasteiger partial charge in [-0.3, -0.25) is 9.69 Å². The first-order chi connectivity index (χ1) is 18.9. The van der Waals surface area contributed by atoms with Crippen molar-refractivity contribution in [1.29, 1.82) is 0 Å². The molecule has 198 valence electrons. The number of nitrogens with two attached hydrogens (primary N) is 1. The summed E-state index contributed by atoms with van der Waals surface area (Å²) < 4.78 is 8.58. The second-order valence-corrected chi connectivity index (χ2v) is 10.1. The van der Waals surface area contributed by atoms with E-state index in [2.05, 4.69) is 46.3 Å². The van der Waals surface area contributed by atoms with Gasteiger partial charge in [0.05, 0.1) is 29.6 Å². The van der Waals surface area contributed by atoms with E-state index in [-0.39, 0.29) is 5.91 Å². The highest BCUT2D eigenvalue weighted by molar-refractivity contribution is 7.18. The standard InChI is InChI=1S/C31H31N5O2S/c1-5-36(6-2)15-9-11-22-18-33-30(32)28-23(19-39-29(22)28)20-13-14-24(27(17-20)38-4)34-31(37)26-16-21-10-7-8-12-25(21)35(26)3/h7-8,10,12-14,16-19H,5-6,15H2,1-4H3,(H2,32,33)(H,34,37). The number of nitrogen functional groups attached to an aromatic ring is 1. The number of hydrogen-bond donors (Lipinski definition) is 2. The number of methoxy groups -OCH3 is 1. The average molecular weight is 538 g/mol. The number of carbonyl (C=O) groups excluding carboxylic acids is 1. The van der Waals surface area contributed by atoms with E-state index in [0.29, 0.717) is 29.5 Å². The van der Waals surface area contributed by atoms with Gasteiger partial charge in [-0.25, -0.2) is 4.98 Å². The van der Waals surface area contributed by atoms with Gasteiger partial charge >= 0.3 is 0 Å².